The van der Waals surface area contributed by atoms with E-state index >= 15 is 0 Å². The molecule has 0 radical (unpaired) electrons. The zero-order valence-corrected chi connectivity index (χ0v) is 11.5. The topological polar surface area (TPSA) is 29.9 Å². The van der Waals surface area contributed by atoms with E-state index in [9.17, 15) is 0 Å². The molecule has 96 valence electrons. The van der Waals surface area contributed by atoms with E-state index in [4.69, 9.17) is 11.6 Å². The Bertz CT molecular complexity index is 473. The summed E-state index contributed by atoms with van der Waals surface area (Å²) in [5, 5.41) is 8.25. The molecule has 0 saturated carbocycles. The molecule has 0 aliphatic heterocycles. The molecule has 1 unspecified atom stereocenters. The molecule has 0 aliphatic rings. The second-order valence-electron chi connectivity index (χ2n) is 4.35. The molecule has 1 atom stereocenters. The van der Waals surface area contributed by atoms with Crippen LogP contribution >= 0.6 is 11.6 Å². The molecule has 0 spiro atoms. The highest BCUT2D eigenvalue weighted by Crippen LogP contribution is 2.22. The number of aromatic nitrogens is 2. The van der Waals surface area contributed by atoms with Crippen LogP contribution in [0.4, 0.5) is 0 Å². The Morgan fingerprint density at radius 1 is 1.33 bits per heavy atom. The molecular formula is C14H18ClN3. The predicted octanol–water partition coefficient (Wildman–Crippen LogP) is 2.97. The van der Waals surface area contributed by atoms with Crippen LogP contribution in [0, 0.1) is 0 Å². The quantitative estimate of drug-likeness (QED) is 0.899. The van der Waals surface area contributed by atoms with Crippen molar-refractivity contribution in [3.8, 4) is 0 Å². The summed E-state index contributed by atoms with van der Waals surface area (Å²) in [6.07, 6.45) is 3.61. The lowest BCUT2D eigenvalue weighted by Gasteiger charge is -2.16. The summed E-state index contributed by atoms with van der Waals surface area (Å²) in [5.41, 5.74) is 2.39. The minimum Gasteiger partial charge on any atom is -0.313 e. The fourth-order valence-corrected chi connectivity index (χ4v) is 2.42. The van der Waals surface area contributed by atoms with Gasteiger partial charge in [-0.2, -0.15) is 5.10 Å². The number of hydrogen-bond donors (Lipinski definition) is 1. The Morgan fingerprint density at radius 3 is 2.61 bits per heavy atom. The molecule has 3 nitrogen and oxygen atoms in total. The van der Waals surface area contributed by atoms with E-state index in [-0.39, 0.29) is 0 Å². The molecular weight excluding hydrogens is 246 g/mol. The third-order valence-electron chi connectivity index (χ3n) is 3.23. The second kappa shape index (κ2) is 6.03. The summed E-state index contributed by atoms with van der Waals surface area (Å²) >= 11 is 6.11. The fourth-order valence-electron chi connectivity index (χ4n) is 2.16. The Morgan fingerprint density at radius 2 is 2.06 bits per heavy atom. The first kappa shape index (κ1) is 13.1. The Labute approximate surface area is 113 Å². The van der Waals surface area contributed by atoms with Crippen LogP contribution in [0.5, 0.6) is 0 Å². The Balaban J connectivity index is 2.04. The Kier molecular flexibility index (Phi) is 4.39. The molecule has 0 aliphatic carbocycles. The normalized spacial score (nSPS) is 12.6. The molecule has 4 heteroatoms. The van der Waals surface area contributed by atoms with Crippen LogP contribution in [0.1, 0.15) is 23.7 Å². The van der Waals surface area contributed by atoms with Crippen LogP contribution in [-0.4, -0.2) is 16.8 Å². The van der Waals surface area contributed by atoms with Gasteiger partial charge in [-0.05, 0) is 25.5 Å². The van der Waals surface area contributed by atoms with E-state index in [0.717, 1.165) is 23.6 Å². The summed E-state index contributed by atoms with van der Waals surface area (Å²) in [6.45, 7) is 0. The number of nitrogens with zero attached hydrogens (tertiary/aromatic N) is 2. The largest absolute Gasteiger partial charge is 0.313 e. The molecule has 0 bridgehead atoms. The van der Waals surface area contributed by atoms with Gasteiger partial charge >= 0.3 is 0 Å². The van der Waals surface area contributed by atoms with Crippen LogP contribution < -0.4 is 5.32 Å². The summed E-state index contributed by atoms with van der Waals surface area (Å²) in [5.74, 6) is 0. The highest BCUT2D eigenvalue weighted by Gasteiger charge is 2.12. The lowest BCUT2D eigenvalue weighted by Crippen LogP contribution is -2.17. The average Bonchev–Trinajstić information content (AvgIpc) is 2.72. The van der Waals surface area contributed by atoms with Gasteiger partial charge in [-0.1, -0.05) is 41.9 Å². The van der Waals surface area contributed by atoms with E-state index in [1.165, 1.54) is 5.56 Å². The zero-order valence-electron chi connectivity index (χ0n) is 10.7. The third-order valence-corrected chi connectivity index (χ3v) is 3.55. The standard InChI is InChI=1S/C14H18ClN3/c1-16-13(11-6-4-3-5-7-11)8-9-14-12(15)10-17-18(14)2/h3-7,10,13,16H,8-9H2,1-2H3. The van der Waals surface area contributed by atoms with Crippen molar-refractivity contribution in [2.45, 2.75) is 18.9 Å². The van der Waals surface area contributed by atoms with Gasteiger partial charge in [0.25, 0.3) is 0 Å². The van der Waals surface area contributed by atoms with E-state index < -0.39 is 0 Å². The van der Waals surface area contributed by atoms with E-state index in [2.05, 4.69) is 34.7 Å². The number of halogens is 1. The first-order valence-electron chi connectivity index (χ1n) is 6.11. The molecule has 1 aromatic heterocycles. The summed E-state index contributed by atoms with van der Waals surface area (Å²) in [7, 11) is 3.92. The second-order valence-corrected chi connectivity index (χ2v) is 4.76. The number of aryl methyl sites for hydroxylation is 1. The molecule has 2 rings (SSSR count). The van der Waals surface area contributed by atoms with Gasteiger partial charge in [0.2, 0.25) is 0 Å². The fraction of sp³-hybridized carbons (Fsp3) is 0.357. The SMILES string of the molecule is CNC(CCc1c(Cl)cnn1C)c1ccccc1. The van der Waals surface area contributed by atoms with Gasteiger partial charge < -0.3 is 5.32 Å². The number of rotatable bonds is 5. The third kappa shape index (κ3) is 2.92. The molecule has 1 heterocycles. The van der Waals surface area contributed by atoms with Gasteiger partial charge in [0, 0.05) is 13.1 Å². The lowest BCUT2D eigenvalue weighted by atomic mass is 10.0. The number of benzene rings is 1. The van der Waals surface area contributed by atoms with Gasteiger partial charge in [0.15, 0.2) is 0 Å². The minimum atomic E-state index is 0.345. The smallest absolute Gasteiger partial charge is 0.0817 e. The molecule has 1 N–H and O–H groups in total. The van der Waals surface area contributed by atoms with Crippen LogP contribution in [0.15, 0.2) is 36.5 Å². The van der Waals surface area contributed by atoms with Crippen molar-refractivity contribution in [1.82, 2.24) is 15.1 Å². The van der Waals surface area contributed by atoms with Crippen LogP contribution in [-0.2, 0) is 13.5 Å². The van der Waals surface area contributed by atoms with Crippen molar-refractivity contribution in [2.75, 3.05) is 7.05 Å². The van der Waals surface area contributed by atoms with Crippen LogP contribution in [0.25, 0.3) is 0 Å². The maximum absolute atomic E-state index is 6.11. The van der Waals surface area contributed by atoms with Crippen molar-refractivity contribution < 1.29 is 0 Å². The monoisotopic (exact) mass is 263 g/mol. The minimum absolute atomic E-state index is 0.345. The maximum Gasteiger partial charge on any atom is 0.0817 e. The molecule has 0 amide bonds. The Hall–Kier alpha value is -1.32. The van der Waals surface area contributed by atoms with Gasteiger partial charge in [0.05, 0.1) is 16.9 Å². The number of hydrogen-bond acceptors (Lipinski definition) is 2. The first-order valence-corrected chi connectivity index (χ1v) is 6.48. The molecule has 0 saturated heterocycles. The van der Waals surface area contributed by atoms with Crippen LogP contribution in [0.2, 0.25) is 5.02 Å². The zero-order chi connectivity index (χ0) is 13.0. The van der Waals surface area contributed by atoms with Gasteiger partial charge in [0.1, 0.15) is 0 Å². The highest BCUT2D eigenvalue weighted by atomic mass is 35.5. The van der Waals surface area contributed by atoms with Crippen molar-refractivity contribution in [3.05, 3.63) is 52.8 Å². The first-order chi connectivity index (χ1) is 8.72. The van der Waals surface area contributed by atoms with E-state index in [1.54, 1.807) is 6.20 Å². The summed E-state index contributed by atoms with van der Waals surface area (Å²) in [6, 6.07) is 10.8. The van der Waals surface area contributed by atoms with Crippen molar-refractivity contribution in [2.24, 2.45) is 7.05 Å². The maximum atomic E-state index is 6.11. The van der Waals surface area contributed by atoms with Gasteiger partial charge in [-0.15, -0.1) is 0 Å². The molecule has 0 fully saturated rings. The highest BCUT2D eigenvalue weighted by molar-refractivity contribution is 6.31. The number of nitrogens with one attached hydrogen (secondary N) is 1. The van der Waals surface area contributed by atoms with Crippen molar-refractivity contribution in [3.63, 3.8) is 0 Å². The van der Waals surface area contributed by atoms with Crippen molar-refractivity contribution in [1.29, 1.82) is 0 Å². The summed E-state index contributed by atoms with van der Waals surface area (Å²) < 4.78 is 1.85. The van der Waals surface area contributed by atoms with Crippen LogP contribution in [0.3, 0.4) is 0 Å². The lowest BCUT2D eigenvalue weighted by molar-refractivity contribution is 0.536. The van der Waals surface area contributed by atoms with Gasteiger partial charge in [-0.25, -0.2) is 0 Å². The molecule has 1 aromatic carbocycles. The van der Waals surface area contributed by atoms with Gasteiger partial charge in [-0.3, -0.25) is 4.68 Å². The predicted molar refractivity (Wildman–Crippen MR) is 74.8 cm³/mol. The van der Waals surface area contributed by atoms with Crippen molar-refractivity contribution >= 4 is 11.6 Å². The molecule has 2 aromatic rings. The average molecular weight is 264 g/mol. The van der Waals surface area contributed by atoms with E-state index in [0.29, 0.717) is 6.04 Å². The molecule has 18 heavy (non-hydrogen) atoms. The van der Waals surface area contributed by atoms with E-state index in [1.807, 2.05) is 24.8 Å². The summed E-state index contributed by atoms with van der Waals surface area (Å²) in [4.78, 5) is 0.